The molecule has 6 nitrogen and oxygen atoms in total. The predicted molar refractivity (Wildman–Crippen MR) is 113 cm³/mol. The molecule has 1 aliphatic heterocycles. The molecule has 0 radical (unpaired) electrons. The van der Waals surface area contributed by atoms with E-state index < -0.39 is 0 Å². The molecule has 3 aromatic rings. The SMILES string of the molecule is CCOc1ccc(CCC(=O)N2CCC(c3cc4ncc(C)nc4[nH]3)CC2)cc1. The van der Waals surface area contributed by atoms with Crippen LogP contribution in [0.1, 0.15) is 49.1 Å². The van der Waals surface area contributed by atoms with Gasteiger partial charge in [0.25, 0.3) is 0 Å². The molecule has 3 heterocycles. The van der Waals surface area contributed by atoms with E-state index in [1.807, 2.05) is 43.0 Å². The number of nitrogens with one attached hydrogen (secondary N) is 1. The minimum absolute atomic E-state index is 0.243. The van der Waals surface area contributed by atoms with Gasteiger partial charge in [-0.15, -0.1) is 0 Å². The van der Waals surface area contributed by atoms with Crippen LogP contribution in [0.15, 0.2) is 36.5 Å². The van der Waals surface area contributed by atoms with E-state index in [0.717, 1.165) is 55.0 Å². The van der Waals surface area contributed by atoms with Gasteiger partial charge in [-0.2, -0.15) is 0 Å². The van der Waals surface area contributed by atoms with Gasteiger partial charge in [0.15, 0.2) is 5.65 Å². The summed E-state index contributed by atoms with van der Waals surface area (Å²) < 4.78 is 5.47. The van der Waals surface area contributed by atoms with E-state index in [-0.39, 0.29) is 5.91 Å². The third-order valence-electron chi connectivity index (χ3n) is 5.63. The van der Waals surface area contributed by atoms with E-state index in [4.69, 9.17) is 4.74 Å². The maximum Gasteiger partial charge on any atom is 0.222 e. The molecular weight excluding hydrogens is 364 g/mol. The van der Waals surface area contributed by atoms with Crippen molar-refractivity contribution in [3.05, 3.63) is 53.5 Å². The number of amides is 1. The van der Waals surface area contributed by atoms with Crippen LogP contribution in [0.25, 0.3) is 11.2 Å². The van der Waals surface area contributed by atoms with Crippen LogP contribution >= 0.6 is 0 Å². The van der Waals surface area contributed by atoms with E-state index in [1.54, 1.807) is 6.20 Å². The summed E-state index contributed by atoms with van der Waals surface area (Å²) >= 11 is 0. The standard InChI is InChI=1S/C23H28N4O2/c1-3-29-19-7-4-17(5-8-19)6-9-22(28)27-12-10-18(11-13-27)20-14-21-23(26-20)25-16(2)15-24-21/h4-5,7-8,14-15,18H,3,6,9-13H2,1-2H3,(H,25,26). The zero-order chi connectivity index (χ0) is 20.2. The summed E-state index contributed by atoms with van der Waals surface area (Å²) in [5.74, 6) is 1.55. The number of hydrogen-bond donors (Lipinski definition) is 1. The Labute approximate surface area is 171 Å². The van der Waals surface area contributed by atoms with Gasteiger partial charge >= 0.3 is 0 Å². The predicted octanol–water partition coefficient (Wildman–Crippen LogP) is 4.00. The second kappa shape index (κ2) is 8.64. The number of carbonyl (C=O) groups is 1. The monoisotopic (exact) mass is 392 g/mol. The molecule has 1 aromatic carbocycles. The van der Waals surface area contributed by atoms with Crippen LogP contribution in [0.3, 0.4) is 0 Å². The summed E-state index contributed by atoms with van der Waals surface area (Å²) in [6.45, 7) is 6.20. The molecule has 152 valence electrons. The normalized spacial score (nSPS) is 15.0. The van der Waals surface area contributed by atoms with Crippen LogP contribution in [0.4, 0.5) is 0 Å². The number of benzene rings is 1. The van der Waals surface area contributed by atoms with Gasteiger partial charge in [0, 0.05) is 37.3 Å². The van der Waals surface area contributed by atoms with Crippen LogP contribution in [0.5, 0.6) is 5.75 Å². The van der Waals surface area contributed by atoms with Crippen LogP contribution in [0.2, 0.25) is 0 Å². The molecule has 2 aromatic heterocycles. The number of H-pyrrole nitrogens is 1. The Morgan fingerprint density at radius 3 is 2.72 bits per heavy atom. The molecule has 1 N–H and O–H groups in total. The molecule has 0 aliphatic carbocycles. The van der Waals surface area contributed by atoms with Gasteiger partial charge in [0.1, 0.15) is 11.3 Å². The highest BCUT2D eigenvalue weighted by Gasteiger charge is 2.25. The van der Waals surface area contributed by atoms with E-state index in [1.165, 1.54) is 11.3 Å². The molecular formula is C23H28N4O2. The van der Waals surface area contributed by atoms with Gasteiger partial charge in [0.05, 0.1) is 12.3 Å². The second-order valence-corrected chi connectivity index (χ2v) is 7.70. The van der Waals surface area contributed by atoms with Gasteiger partial charge in [0.2, 0.25) is 5.91 Å². The number of aromatic nitrogens is 3. The number of likely N-dealkylation sites (tertiary alicyclic amines) is 1. The fourth-order valence-corrected chi connectivity index (χ4v) is 3.99. The molecule has 29 heavy (non-hydrogen) atoms. The summed E-state index contributed by atoms with van der Waals surface area (Å²) in [5.41, 5.74) is 5.05. The first-order valence-corrected chi connectivity index (χ1v) is 10.4. The van der Waals surface area contributed by atoms with Gasteiger partial charge in [-0.25, -0.2) is 4.98 Å². The number of piperidine rings is 1. The van der Waals surface area contributed by atoms with E-state index in [9.17, 15) is 4.79 Å². The number of ether oxygens (including phenoxy) is 1. The second-order valence-electron chi connectivity index (χ2n) is 7.70. The molecule has 6 heteroatoms. The third-order valence-corrected chi connectivity index (χ3v) is 5.63. The van der Waals surface area contributed by atoms with E-state index in [2.05, 4.69) is 21.0 Å². The van der Waals surface area contributed by atoms with E-state index >= 15 is 0 Å². The summed E-state index contributed by atoms with van der Waals surface area (Å²) in [7, 11) is 0. The van der Waals surface area contributed by atoms with Crippen molar-refractivity contribution in [2.45, 2.75) is 45.4 Å². The lowest BCUT2D eigenvalue weighted by atomic mass is 9.93. The zero-order valence-corrected chi connectivity index (χ0v) is 17.1. The van der Waals surface area contributed by atoms with Crippen molar-refractivity contribution in [2.24, 2.45) is 0 Å². The quantitative estimate of drug-likeness (QED) is 0.688. The van der Waals surface area contributed by atoms with Gasteiger partial charge in [-0.3, -0.25) is 9.78 Å². The Morgan fingerprint density at radius 1 is 1.24 bits per heavy atom. The summed E-state index contributed by atoms with van der Waals surface area (Å²) in [6, 6.07) is 10.1. The first-order valence-electron chi connectivity index (χ1n) is 10.4. The number of carbonyl (C=O) groups excluding carboxylic acids is 1. The average molecular weight is 393 g/mol. The van der Waals surface area contributed by atoms with Crippen molar-refractivity contribution >= 4 is 17.1 Å². The lowest BCUT2D eigenvalue weighted by Gasteiger charge is -2.31. The van der Waals surface area contributed by atoms with Crippen molar-refractivity contribution in [2.75, 3.05) is 19.7 Å². The number of fused-ring (bicyclic) bond motifs is 1. The lowest BCUT2D eigenvalue weighted by molar-refractivity contribution is -0.132. The molecule has 0 unspecified atom stereocenters. The highest BCUT2D eigenvalue weighted by molar-refractivity contribution is 5.76. The maximum absolute atomic E-state index is 12.6. The fraction of sp³-hybridized carbons (Fsp3) is 0.435. The van der Waals surface area contributed by atoms with Gasteiger partial charge < -0.3 is 14.6 Å². The maximum atomic E-state index is 12.6. The average Bonchev–Trinajstić information content (AvgIpc) is 3.16. The smallest absolute Gasteiger partial charge is 0.222 e. The summed E-state index contributed by atoms with van der Waals surface area (Å²) in [5, 5.41) is 0. The zero-order valence-electron chi connectivity index (χ0n) is 17.1. The molecule has 0 saturated carbocycles. The van der Waals surface area contributed by atoms with Gasteiger partial charge in [-0.05, 0) is 56.9 Å². The Morgan fingerprint density at radius 2 is 2.00 bits per heavy atom. The minimum Gasteiger partial charge on any atom is -0.494 e. The van der Waals surface area contributed by atoms with Crippen LogP contribution in [-0.4, -0.2) is 45.5 Å². The largest absolute Gasteiger partial charge is 0.494 e. The Bertz CT molecular complexity index is 972. The topological polar surface area (TPSA) is 71.1 Å². The molecule has 1 amide bonds. The number of aromatic amines is 1. The van der Waals surface area contributed by atoms with Crippen molar-refractivity contribution in [1.29, 1.82) is 0 Å². The van der Waals surface area contributed by atoms with Crippen LogP contribution in [-0.2, 0) is 11.2 Å². The van der Waals surface area contributed by atoms with Crippen molar-refractivity contribution in [3.8, 4) is 5.75 Å². The molecule has 0 bridgehead atoms. The summed E-state index contributed by atoms with van der Waals surface area (Å²) in [4.78, 5) is 27.0. The van der Waals surface area contributed by atoms with E-state index in [0.29, 0.717) is 18.9 Å². The lowest BCUT2D eigenvalue weighted by Crippen LogP contribution is -2.38. The summed E-state index contributed by atoms with van der Waals surface area (Å²) in [6.07, 6.45) is 5.06. The highest BCUT2D eigenvalue weighted by atomic mass is 16.5. The first kappa shape index (κ1) is 19.4. The number of aryl methyl sites for hydroxylation is 2. The Kier molecular flexibility index (Phi) is 5.79. The number of hydrogen-bond acceptors (Lipinski definition) is 4. The Hall–Kier alpha value is -2.89. The molecule has 4 rings (SSSR count). The van der Waals surface area contributed by atoms with Crippen molar-refractivity contribution in [3.63, 3.8) is 0 Å². The fourth-order valence-electron chi connectivity index (χ4n) is 3.99. The molecule has 1 aliphatic rings. The minimum atomic E-state index is 0.243. The Balaban J connectivity index is 1.28. The van der Waals surface area contributed by atoms with Crippen LogP contribution < -0.4 is 4.74 Å². The number of nitrogens with zero attached hydrogens (tertiary/aromatic N) is 3. The third kappa shape index (κ3) is 4.58. The highest BCUT2D eigenvalue weighted by Crippen LogP contribution is 2.29. The number of rotatable bonds is 6. The molecule has 1 fully saturated rings. The van der Waals surface area contributed by atoms with Crippen molar-refractivity contribution in [1.82, 2.24) is 19.9 Å². The van der Waals surface area contributed by atoms with Gasteiger partial charge in [-0.1, -0.05) is 12.1 Å². The van der Waals surface area contributed by atoms with Crippen molar-refractivity contribution < 1.29 is 9.53 Å². The molecule has 0 spiro atoms. The molecule has 1 saturated heterocycles. The molecule has 0 atom stereocenters. The first-order chi connectivity index (χ1) is 14.1. The van der Waals surface area contributed by atoms with Crippen LogP contribution in [0, 0.1) is 6.92 Å².